The number of carbonyl (C=O) groups is 1. The number of rotatable bonds is 5. The molecule has 0 aromatic heterocycles. The summed E-state index contributed by atoms with van der Waals surface area (Å²) in [6.45, 7) is 2.87. The molecule has 6 nitrogen and oxygen atoms in total. The average Bonchev–Trinajstić information content (AvgIpc) is 2.94. The fourth-order valence-electron chi connectivity index (χ4n) is 3.40. The maximum atomic E-state index is 13.8. The van der Waals surface area contributed by atoms with Gasteiger partial charge in [-0.15, -0.1) is 0 Å². The Bertz CT molecular complexity index is 718. The molecule has 2 saturated heterocycles. The first-order chi connectivity index (χ1) is 11.9. The van der Waals surface area contributed by atoms with Crippen molar-refractivity contribution in [1.29, 1.82) is 0 Å². The van der Waals surface area contributed by atoms with Crippen LogP contribution >= 0.6 is 0 Å². The van der Waals surface area contributed by atoms with E-state index in [1.165, 1.54) is 6.07 Å². The number of sulfone groups is 1. The van der Waals surface area contributed by atoms with Crippen molar-refractivity contribution in [2.75, 3.05) is 49.1 Å². The van der Waals surface area contributed by atoms with E-state index in [9.17, 15) is 17.6 Å². The van der Waals surface area contributed by atoms with E-state index in [4.69, 9.17) is 0 Å². The average molecular weight is 369 g/mol. The lowest BCUT2D eigenvalue weighted by Crippen LogP contribution is -2.49. The number of hydrogen-bond donors (Lipinski definition) is 1. The minimum atomic E-state index is -2.90. The van der Waals surface area contributed by atoms with Gasteiger partial charge < -0.3 is 15.1 Å². The van der Waals surface area contributed by atoms with Crippen molar-refractivity contribution in [3.05, 3.63) is 30.1 Å². The number of nitrogens with zero attached hydrogens (tertiary/aromatic N) is 2. The third-order valence-corrected chi connectivity index (χ3v) is 6.60. The van der Waals surface area contributed by atoms with E-state index in [1.807, 2.05) is 11.0 Å². The lowest BCUT2D eigenvalue weighted by molar-refractivity contribution is -0.131. The van der Waals surface area contributed by atoms with Crippen LogP contribution in [0, 0.1) is 5.82 Å². The van der Waals surface area contributed by atoms with Crippen molar-refractivity contribution in [1.82, 2.24) is 10.2 Å². The van der Waals surface area contributed by atoms with Crippen LogP contribution in [-0.4, -0.2) is 69.5 Å². The molecule has 0 radical (unpaired) electrons. The summed E-state index contributed by atoms with van der Waals surface area (Å²) in [5.41, 5.74) is 0.582. The van der Waals surface area contributed by atoms with Gasteiger partial charge in [0.15, 0.2) is 9.84 Å². The minimum Gasteiger partial charge on any atom is -0.366 e. The molecule has 3 rings (SSSR count). The van der Waals surface area contributed by atoms with Gasteiger partial charge >= 0.3 is 0 Å². The van der Waals surface area contributed by atoms with Crippen LogP contribution in [0.1, 0.15) is 12.8 Å². The number of nitrogens with one attached hydrogen (secondary N) is 1. The Hall–Kier alpha value is -1.67. The quantitative estimate of drug-likeness (QED) is 0.825. The van der Waals surface area contributed by atoms with Gasteiger partial charge in [-0.2, -0.15) is 0 Å². The number of amides is 1. The summed E-state index contributed by atoms with van der Waals surface area (Å²) in [5, 5.41) is 3.16. The van der Waals surface area contributed by atoms with Crippen molar-refractivity contribution in [3.63, 3.8) is 0 Å². The summed E-state index contributed by atoms with van der Waals surface area (Å²) < 4.78 is 36.6. The number of benzene rings is 1. The first-order valence-electron chi connectivity index (χ1n) is 8.66. The highest BCUT2D eigenvalue weighted by molar-refractivity contribution is 7.91. The predicted molar refractivity (Wildman–Crippen MR) is 94.9 cm³/mol. The van der Waals surface area contributed by atoms with E-state index in [2.05, 4.69) is 5.32 Å². The molecule has 2 heterocycles. The van der Waals surface area contributed by atoms with Gasteiger partial charge in [0.2, 0.25) is 5.91 Å². The maximum absolute atomic E-state index is 13.8. The molecule has 1 aromatic carbocycles. The topological polar surface area (TPSA) is 69.7 Å². The zero-order chi connectivity index (χ0) is 17.9. The van der Waals surface area contributed by atoms with Crippen LogP contribution in [0.25, 0.3) is 0 Å². The van der Waals surface area contributed by atoms with Crippen molar-refractivity contribution in [2.24, 2.45) is 0 Å². The van der Waals surface area contributed by atoms with Crippen molar-refractivity contribution in [2.45, 2.75) is 18.9 Å². The van der Waals surface area contributed by atoms with Gasteiger partial charge in [0, 0.05) is 45.2 Å². The fraction of sp³-hybridized carbons (Fsp3) is 0.588. The smallest absolute Gasteiger partial charge is 0.223 e. The molecule has 0 saturated carbocycles. The lowest BCUT2D eigenvalue weighted by atomic mass is 10.2. The zero-order valence-electron chi connectivity index (χ0n) is 14.2. The summed E-state index contributed by atoms with van der Waals surface area (Å²) in [5.74, 6) is 0.221. The van der Waals surface area contributed by atoms with Crippen molar-refractivity contribution < 1.29 is 17.6 Å². The summed E-state index contributed by atoms with van der Waals surface area (Å²) in [4.78, 5) is 16.0. The van der Waals surface area contributed by atoms with Gasteiger partial charge in [-0.1, -0.05) is 12.1 Å². The monoisotopic (exact) mass is 369 g/mol. The predicted octanol–water partition coefficient (Wildman–Crippen LogP) is 0.641. The highest BCUT2D eigenvalue weighted by Crippen LogP contribution is 2.20. The van der Waals surface area contributed by atoms with Gasteiger partial charge in [0.05, 0.1) is 17.2 Å². The van der Waals surface area contributed by atoms with Crippen molar-refractivity contribution in [3.8, 4) is 0 Å². The number of halogens is 1. The van der Waals surface area contributed by atoms with E-state index in [0.717, 1.165) is 0 Å². The van der Waals surface area contributed by atoms with E-state index >= 15 is 0 Å². The standard InChI is InChI=1S/C17H24FN3O3S/c18-15-3-1-2-4-16(15)20-8-10-21(11-9-20)17(22)5-7-19-14-6-12-25(23,24)13-14/h1-4,14,19H,5-13H2. The number of anilines is 1. The van der Waals surface area contributed by atoms with Crippen LogP contribution in [0.5, 0.6) is 0 Å². The molecule has 0 aliphatic carbocycles. The maximum Gasteiger partial charge on any atom is 0.223 e. The molecule has 1 N–H and O–H groups in total. The molecule has 2 aliphatic rings. The second kappa shape index (κ2) is 7.70. The Morgan fingerprint density at radius 3 is 2.56 bits per heavy atom. The molecule has 1 atom stereocenters. The highest BCUT2D eigenvalue weighted by Gasteiger charge is 2.28. The normalized spacial score (nSPS) is 23.0. The number of piperazine rings is 1. The Labute approximate surface area is 147 Å². The third kappa shape index (κ3) is 4.70. The molecule has 8 heteroatoms. The van der Waals surface area contributed by atoms with E-state index < -0.39 is 9.84 Å². The molecular formula is C17H24FN3O3S. The lowest BCUT2D eigenvalue weighted by Gasteiger charge is -2.36. The zero-order valence-corrected chi connectivity index (χ0v) is 15.0. The number of carbonyl (C=O) groups excluding carboxylic acids is 1. The molecule has 2 aliphatic heterocycles. The van der Waals surface area contributed by atoms with E-state index in [1.54, 1.807) is 17.0 Å². The van der Waals surface area contributed by atoms with Crippen LogP contribution in [0.2, 0.25) is 0 Å². The summed E-state index contributed by atoms with van der Waals surface area (Å²) in [6, 6.07) is 6.65. The molecule has 1 unspecified atom stereocenters. The van der Waals surface area contributed by atoms with Crippen molar-refractivity contribution >= 4 is 21.4 Å². The molecule has 2 fully saturated rings. The molecule has 25 heavy (non-hydrogen) atoms. The third-order valence-electron chi connectivity index (χ3n) is 4.83. The Kier molecular flexibility index (Phi) is 5.58. The summed E-state index contributed by atoms with van der Waals surface area (Å²) >= 11 is 0. The minimum absolute atomic E-state index is 0.0318. The highest BCUT2D eigenvalue weighted by atomic mass is 32.2. The Balaban J connectivity index is 1.41. The molecule has 0 spiro atoms. The van der Waals surface area contributed by atoms with E-state index in [0.29, 0.717) is 51.3 Å². The Morgan fingerprint density at radius 1 is 1.20 bits per heavy atom. The van der Waals surface area contributed by atoms with Gasteiger partial charge in [0.1, 0.15) is 5.82 Å². The van der Waals surface area contributed by atoms with Crippen LogP contribution in [0.4, 0.5) is 10.1 Å². The molecule has 1 amide bonds. The van der Waals surface area contributed by atoms with Crippen LogP contribution in [-0.2, 0) is 14.6 Å². The number of para-hydroxylation sites is 1. The molecule has 138 valence electrons. The number of hydrogen-bond acceptors (Lipinski definition) is 5. The second-order valence-electron chi connectivity index (χ2n) is 6.62. The first kappa shape index (κ1) is 18.1. The van der Waals surface area contributed by atoms with Gasteiger partial charge in [-0.25, -0.2) is 12.8 Å². The largest absolute Gasteiger partial charge is 0.366 e. The molecular weight excluding hydrogens is 345 g/mol. The van der Waals surface area contributed by atoms with Crippen LogP contribution in [0.3, 0.4) is 0 Å². The van der Waals surface area contributed by atoms with Crippen LogP contribution < -0.4 is 10.2 Å². The summed E-state index contributed by atoms with van der Waals surface area (Å²) in [6.07, 6.45) is 0.980. The van der Waals surface area contributed by atoms with Gasteiger partial charge in [-0.05, 0) is 18.6 Å². The SMILES string of the molecule is O=C(CCNC1CCS(=O)(=O)C1)N1CCN(c2ccccc2F)CC1. The van der Waals surface area contributed by atoms with Gasteiger partial charge in [0.25, 0.3) is 0 Å². The van der Waals surface area contributed by atoms with Gasteiger partial charge in [-0.3, -0.25) is 4.79 Å². The second-order valence-corrected chi connectivity index (χ2v) is 8.85. The Morgan fingerprint density at radius 2 is 1.92 bits per heavy atom. The molecule has 1 aromatic rings. The van der Waals surface area contributed by atoms with E-state index in [-0.39, 0.29) is 29.3 Å². The van der Waals surface area contributed by atoms with Crippen LogP contribution in [0.15, 0.2) is 24.3 Å². The first-order valence-corrected chi connectivity index (χ1v) is 10.5. The molecule has 0 bridgehead atoms. The summed E-state index contributed by atoms with van der Waals surface area (Å²) in [7, 11) is -2.90. The fourth-order valence-corrected chi connectivity index (χ4v) is 5.11.